The summed E-state index contributed by atoms with van der Waals surface area (Å²) in [5.41, 5.74) is 0.653. The van der Waals surface area contributed by atoms with Gasteiger partial charge in [0.1, 0.15) is 5.82 Å². The van der Waals surface area contributed by atoms with E-state index in [2.05, 4.69) is 20.7 Å². The standard InChI is InChI=1S/C12H16FN5/c13-10-3-4-11-16-12(17-18(11)8-10)15-7-9-2-1-5-14-6-9/h3-4,8-9,14H,1-2,5-7H2,(H,15,17). The molecule has 1 saturated heterocycles. The van der Waals surface area contributed by atoms with E-state index in [1.165, 1.54) is 29.6 Å². The molecule has 1 aliphatic rings. The highest BCUT2D eigenvalue weighted by Gasteiger charge is 2.13. The third-order valence-electron chi connectivity index (χ3n) is 3.24. The van der Waals surface area contributed by atoms with Gasteiger partial charge in [0.25, 0.3) is 0 Å². The molecule has 0 radical (unpaired) electrons. The van der Waals surface area contributed by atoms with Crippen molar-refractivity contribution >= 4 is 11.6 Å². The molecule has 1 aliphatic heterocycles. The van der Waals surface area contributed by atoms with E-state index in [0.29, 0.717) is 17.5 Å². The maximum absolute atomic E-state index is 13.0. The van der Waals surface area contributed by atoms with Gasteiger partial charge in [0.05, 0.1) is 6.20 Å². The number of nitrogens with one attached hydrogen (secondary N) is 2. The van der Waals surface area contributed by atoms with Crippen LogP contribution in [0.1, 0.15) is 12.8 Å². The third-order valence-corrected chi connectivity index (χ3v) is 3.24. The first-order valence-electron chi connectivity index (χ1n) is 6.28. The highest BCUT2D eigenvalue weighted by Crippen LogP contribution is 2.11. The molecule has 0 bridgehead atoms. The van der Waals surface area contributed by atoms with Gasteiger partial charge in [-0.15, -0.1) is 5.10 Å². The third kappa shape index (κ3) is 2.43. The van der Waals surface area contributed by atoms with Crippen LogP contribution in [-0.2, 0) is 0 Å². The summed E-state index contributed by atoms with van der Waals surface area (Å²) in [5.74, 6) is 0.865. The number of fused-ring (bicyclic) bond motifs is 1. The fourth-order valence-corrected chi connectivity index (χ4v) is 2.27. The van der Waals surface area contributed by atoms with E-state index in [1.807, 2.05) is 0 Å². The van der Waals surface area contributed by atoms with E-state index in [4.69, 9.17) is 0 Å². The molecular weight excluding hydrogens is 233 g/mol. The molecule has 0 aromatic carbocycles. The van der Waals surface area contributed by atoms with Crippen molar-refractivity contribution in [1.82, 2.24) is 19.9 Å². The summed E-state index contributed by atoms with van der Waals surface area (Å²) < 4.78 is 14.5. The molecule has 1 fully saturated rings. The maximum atomic E-state index is 13.0. The van der Waals surface area contributed by atoms with Crippen LogP contribution < -0.4 is 10.6 Å². The molecule has 0 saturated carbocycles. The minimum Gasteiger partial charge on any atom is -0.353 e. The van der Waals surface area contributed by atoms with Crippen LogP contribution in [0.2, 0.25) is 0 Å². The normalized spacial score (nSPS) is 20.2. The van der Waals surface area contributed by atoms with Crippen molar-refractivity contribution in [2.75, 3.05) is 25.0 Å². The van der Waals surface area contributed by atoms with Crippen LogP contribution in [0.3, 0.4) is 0 Å². The van der Waals surface area contributed by atoms with Gasteiger partial charge in [-0.05, 0) is 44.0 Å². The monoisotopic (exact) mass is 249 g/mol. The van der Waals surface area contributed by atoms with Crippen molar-refractivity contribution < 1.29 is 4.39 Å². The van der Waals surface area contributed by atoms with Crippen molar-refractivity contribution in [3.8, 4) is 0 Å². The zero-order valence-corrected chi connectivity index (χ0v) is 10.1. The second kappa shape index (κ2) is 4.89. The van der Waals surface area contributed by atoms with Gasteiger partial charge in [0.15, 0.2) is 5.65 Å². The second-order valence-corrected chi connectivity index (χ2v) is 4.68. The van der Waals surface area contributed by atoms with Gasteiger partial charge < -0.3 is 10.6 Å². The van der Waals surface area contributed by atoms with Gasteiger partial charge in [-0.25, -0.2) is 8.91 Å². The second-order valence-electron chi connectivity index (χ2n) is 4.68. The first-order valence-corrected chi connectivity index (χ1v) is 6.28. The minimum atomic E-state index is -0.310. The zero-order chi connectivity index (χ0) is 12.4. The Morgan fingerprint density at radius 2 is 2.44 bits per heavy atom. The summed E-state index contributed by atoms with van der Waals surface area (Å²) in [6, 6.07) is 3.01. The van der Waals surface area contributed by atoms with Crippen LogP contribution in [0.25, 0.3) is 5.65 Å². The van der Waals surface area contributed by atoms with Crippen LogP contribution in [0, 0.1) is 11.7 Å². The number of nitrogens with zero attached hydrogens (tertiary/aromatic N) is 3. The lowest BCUT2D eigenvalue weighted by Crippen LogP contribution is -2.33. The summed E-state index contributed by atoms with van der Waals surface area (Å²) in [5, 5.41) is 10.8. The molecule has 2 N–H and O–H groups in total. The van der Waals surface area contributed by atoms with E-state index in [9.17, 15) is 4.39 Å². The SMILES string of the molecule is Fc1ccc2nc(NCC3CCCNC3)nn2c1. The summed E-state index contributed by atoms with van der Waals surface area (Å²) in [7, 11) is 0. The Morgan fingerprint density at radius 3 is 3.28 bits per heavy atom. The molecule has 2 aromatic rings. The molecule has 2 aromatic heterocycles. The Morgan fingerprint density at radius 1 is 1.50 bits per heavy atom. The Kier molecular flexibility index (Phi) is 3.10. The van der Waals surface area contributed by atoms with E-state index in [1.54, 1.807) is 6.07 Å². The van der Waals surface area contributed by atoms with Crippen molar-refractivity contribution in [1.29, 1.82) is 0 Å². The summed E-state index contributed by atoms with van der Waals surface area (Å²) in [6.45, 7) is 3.00. The minimum absolute atomic E-state index is 0.310. The predicted molar refractivity (Wildman–Crippen MR) is 67.0 cm³/mol. The quantitative estimate of drug-likeness (QED) is 0.860. The number of piperidine rings is 1. The largest absolute Gasteiger partial charge is 0.353 e. The molecular formula is C12H16FN5. The molecule has 3 heterocycles. The number of anilines is 1. The lowest BCUT2D eigenvalue weighted by atomic mass is 10.00. The van der Waals surface area contributed by atoms with Crippen molar-refractivity contribution in [2.45, 2.75) is 12.8 Å². The molecule has 3 rings (SSSR count). The highest BCUT2D eigenvalue weighted by atomic mass is 19.1. The Bertz CT molecular complexity index is 532. The Hall–Kier alpha value is -1.69. The molecule has 6 heteroatoms. The zero-order valence-electron chi connectivity index (χ0n) is 10.1. The molecule has 18 heavy (non-hydrogen) atoms. The number of halogens is 1. The fraction of sp³-hybridized carbons (Fsp3) is 0.500. The van der Waals surface area contributed by atoms with E-state index < -0.39 is 0 Å². The first-order chi connectivity index (χ1) is 8.81. The molecule has 1 unspecified atom stereocenters. The van der Waals surface area contributed by atoms with Gasteiger partial charge in [-0.3, -0.25) is 0 Å². The summed E-state index contributed by atoms with van der Waals surface area (Å²) in [4.78, 5) is 4.29. The van der Waals surface area contributed by atoms with Gasteiger partial charge in [-0.2, -0.15) is 4.98 Å². The Balaban J connectivity index is 1.67. The highest BCUT2D eigenvalue weighted by molar-refractivity contribution is 5.43. The van der Waals surface area contributed by atoms with E-state index in [-0.39, 0.29) is 5.82 Å². The summed E-state index contributed by atoms with van der Waals surface area (Å²) >= 11 is 0. The van der Waals surface area contributed by atoms with Crippen LogP contribution >= 0.6 is 0 Å². The van der Waals surface area contributed by atoms with Crippen LogP contribution in [0.5, 0.6) is 0 Å². The molecule has 1 atom stereocenters. The van der Waals surface area contributed by atoms with E-state index in [0.717, 1.165) is 19.6 Å². The smallest absolute Gasteiger partial charge is 0.243 e. The van der Waals surface area contributed by atoms with Crippen molar-refractivity contribution in [2.24, 2.45) is 5.92 Å². The number of pyridine rings is 1. The average molecular weight is 249 g/mol. The number of rotatable bonds is 3. The number of hydrogen-bond acceptors (Lipinski definition) is 4. The van der Waals surface area contributed by atoms with Crippen LogP contribution in [0.4, 0.5) is 10.3 Å². The number of aromatic nitrogens is 3. The summed E-state index contributed by atoms with van der Waals surface area (Å²) in [6.07, 6.45) is 3.77. The lowest BCUT2D eigenvalue weighted by Gasteiger charge is -2.22. The molecule has 96 valence electrons. The van der Waals surface area contributed by atoms with Crippen LogP contribution in [-0.4, -0.2) is 34.2 Å². The fourth-order valence-electron chi connectivity index (χ4n) is 2.27. The molecule has 0 aliphatic carbocycles. The molecule has 0 spiro atoms. The lowest BCUT2D eigenvalue weighted by molar-refractivity contribution is 0.392. The van der Waals surface area contributed by atoms with Gasteiger partial charge in [0.2, 0.25) is 5.95 Å². The molecule has 5 nitrogen and oxygen atoms in total. The van der Waals surface area contributed by atoms with Crippen molar-refractivity contribution in [3.05, 3.63) is 24.1 Å². The van der Waals surface area contributed by atoms with Crippen molar-refractivity contribution in [3.63, 3.8) is 0 Å². The average Bonchev–Trinajstić information content (AvgIpc) is 2.79. The van der Waals surface area contributed by atoms with Gasteiger partial charge >= 0.3 is 0 Å². The predicted octanol–water partition coefficient (Wildman–Crippen LogP) is 1.28. The van der Waals surface area contributed by atoms with Crippen LogP contribution in [0.15, 0.2) is 18.3 Å². The van der Waals surface area contributed by atoms with E-state index >= 15 is 0 Å². The molecule has 0 amide bonds. The Labute approximate surface area is 104 Å². The first kappa shape index (κ1) is 11.4. The number of hydrogen-bond donors (Lipinski definition) is 2. The van der Waals surface area contributed by atoms with Gasteiger partial charge in [0, 0.05) is 6.54 Å². The topological polar surface area (TPSA) is 54.2 Å². The maximum Gasteiger partial charge on any atom is 0.243 e. The van der Waals surface area contributed by atoms with Gasteiger partial charge in [-0.1, -0.05) is 0 Å².